The number of hydrogen-bond acceptors (Lipinski definition) is 3. The number of benzene rings is 1. The lowest BCUT2D eigenvalue weighted by Crippen LogP contribution is -2.57. The van der Waals surface area contributed by atoms with Crippen LogP contribution in [0.25, 0.3) is 0 Å². The summed E-state index contributed by atoms with van der Waals surface area (Å²) in [7, 11) is 4.05. The number of hydrogen-bond donors (Lipinski definition) is 1. The van der Waals surface area contributed by atoms with E-state index in [1.165, 1.54) is 0 Å². The van der Waals surface area contributed by atoms with Crippen molar-refractivity contribution in [1.82, 2.24) is 9.80 Å². The van der Waals surface area contributed by atoms with Crippen LogP contribution in [0.15, 0.2) is 33.7 Å². The number of aliphatic imine (C=N–C) groups is 1. The standard InChI is InChI=1S/C18H27BrN4S/c1-6-9-15-18(3,7-2)23(16(21-15)22(4)5)17(24)20-14-11-8-10-13(19)12-14/h8,10-12,15H,6-7,9H2,1-5H3,(H,20,24). The Hall–Kier alpha value is -1.14. The van der Waals surface area contributed by atoms with E-state index in [9.17, 15) is 0 Å². The molecule has 0 radical (unpaired) electrons. The molecule has 0 fully saturated rings. The van der Waals surface area contributed by atoms with E-state index in [0.717, 1.165) is 35.4 Å². The fourth-order valence-corrected chi connectivity index (χ4v) is 3.95. The SMILES string of the molecule is CCCC1N=C(N(C)C)N(C(=S)Nc2cccc(Br)c2)C1(C)CC. The van der Waals surface area contributed by atoms with Crippen LogP contribution in [0.1, 0.15) is 40.0 Å². The van der Waals surface area contributed by atoms with Gasteiger partial charge in [-0.05, 0) is 50.2 Å². The van der Waals surface area contributed by atoms with Crippen LogP contribution in [0, 0.1) is 0 Å². The number of thiocarbonyl (C=S) groups is 1. The van der Waals surface area contributed by atoms with Crippen LogP contribution in [-0.4, -0.2) is 46.5 Å². The monoisotopic (exact) mass is 410 g/mol. The van der Waals surface area contributed by atoms with Gasteiger partial charge in [0, 0.05) is 24.3 Å². The number of rotatable bonds is 4. The highest BCUT2D eigenvalue weighted by Crippen LogP contribution is 2.36. The molecule has 1 N–H and O–H groups in total. The smallest absolute Gasteiger partial charge is 0.203 e. The fourth-order valence-electron chi connectivity index (χ4n) is 3.14. The molecule has 0 aromatic heterocycles. The van der Waals surface area contributed by atoms with Crippen molar-refractivity contribution >= 4 is 44.9 Å². The molecule has 6 heteroatoms. The van der Waals surface area contributed by atoms with Gasteiger partial charge in [-0.2, -0.15) is 0 Å². The molecular formula is C18H27BrN4S. The van der Waals surface area contributed by atoms with Crippen molar-refractivity contribution in [2.75, 3.05) is 19.4 Å². The normalized spacial score (nSPS) is 23.2. The Morgan fingerprint density at radius 3 is 2.67 bits per heavy atom. The highest BCUT2D eigenvalue weighted by molar-refractivity contribution is 9.10. The molecule has 2 unspecified atom stereocenters. The highest BCUT2D eigenvalue weighted by Gasteiger charge is 2.47. The van der Waals surface area contributed by atoms with Crippen molar-refractivity contribution in [2.24, 2.45) is 4.99 Å². The number of guanidine groups is 1. The Labute approximate surface area is 159 Å². The number of nitrogens with one attached hydrogen (secondary N) is 1. The molecular weight excluding hydrogens is 384 g/mol. The summed E-state index contributed by atoms with van der Waals surface area (Å²) in [6.45, 7) is 6.69. The van der Waals surface area contributed by atoms with Crippen LogP contribution in [-0.2, 0) is 0 Å². The van der Waals surface area contributed by atoms with Gasteiger partial charge in [0.1, 0.15) is 0 Å². The van der Waals surface area contributed by atoms with Gasteiger partial charge in [-0.3, -0.25) is 4.90 Å². The zero-order valence-electron chi connectivity index (χ0n) is 15.1. The van der Waals surface area contributed by atoms with Gasteiger partial charge in [-0.1, -0.05) is 42.3 Å². The molecule has 2 atom stereocenters. The van der Waals surface area contributed by atoms with Crippen molar-refractivity contribution < 1.29 is 0 Å². The summed E-state index contributed by atoms with van der Waals surface area (Å²) in [5, 5.41) is 4.08. The van der Waals surface area contributed by atoms with E-state index in [0.29, 0.717) is 5.11 Å². The summed E-state index contributed by atoms with van der Waals surface area (Å²) >= 11 is 9.29. The minimum atomic E-state index is -0.105. The minimum Gasteiger partial charge on any atom is -0.349 e. The Kier molecular flexibility index (Phi) is 6.26. The summed E-state index contributed by atoms with van der Waals surface area (Å²) in [5.41, 5.74) is 0.871. The molecule has 1 heterocycles. The van der Waals surface area contributed by atoms with Crippen LogP contribution in [0.4, 0.5) is 5.69 Å². The molecule has 0 amide bonds. The molecule has 0 spiro atoms. The molecule has 1 aromatic rings. The second-order valence-corrected chi connectivity index (χ2v) is 7.92. The van der Waals surface area contributed by atoms with Crippen LogP contribution >= 0.6 is 28.1 Å². The number of halogens is 1. The van der Waals surface area contributed by atoms with Gasteiger partial charge < -0.3 is 10.2 Å². The van der Waals surface area contributed by atoms with Crippen LogP contribution in [0.3, 0.4) is 0 Å². The molecule has 1 aliphatic heterocycles. The first-order valence-corrected chi connectivity index (χ1v) is 9.65. The van der Waals surface area contributed by atoms with Crippen molar-refractivity contribution in [3.63, 3.8) is 0 Å². The molecule has 4 nitrogen and oxygen atoms in total. The van der Waals surface area contributed by atoms with E-state index in [4.69, 9.17) is 17.2 Å². The summed E-state index contributed by atoms with van der Waals surface area (Å²) in [5.74, 6) is 0.935. The van der Waals surface area contributed by atoms with Crippen molar-refractivity contribution in [1.29, 1.82) is 0 Å². The summed E-state index contributed by atoms with van der Waals surface area (Å²) < 4.78 is 1.03. The number of nitrogens with zero attached hydrogens (tertiary/aromatic N) is 3. The van der Waals surface area contributed by atoms with Gasteiger partial charge in [-0.15, -0.1) is 0 Å². The third-order valence-corrected chi connectivity index (χ3v) is 5.43. The molecule has 0 saturated heterocycles. The van der Waals surface area contributed by atoms with E-state index >= 15 is 0 Å². The average Bonchev–Trinajstić information content (AvgIpc) is 2.82. The Bertz CT molecular complexity index is 631. The number of anilines is 1. The van der Waals surface area contributed by atoms with E-state index in [1.54, 1.807) is 0 Å². The molecule has 132 valence electrons. The topological polar surface area (TPSA) is 30.9 Å². The molecule has 1 aromatic carbocycles. The Morgan fingerprint density at radius 1 is 1.42 bits per heavy atom. The van der Waals surface area contributed by atoms with Gasteiger partial charge in [-0.25, -0.2) is 4.99 Å². The molecule has 24 heavy (non-hydrogen) atoms. The van der Waals surface area contributed by atoms with Crippen molar-refractivity contribution in [2.45, 2.75) is 51.6 Å². The Balaban J connectivity index is 2.33. The zero-order chi connectivity index (χ0) is 17.9. The summed E-state index contributed by atoms with van der Waals surface area (Å²) in [6.07, 6.45) is 3.17. The first-order valence-electron chi connectivity index (χ1n) is 8.45. The van der Waals surface area contributed by atoms with Gasteiger partial charge >= 0.3 is 0 Å². The molecule has 0 saturated carbocycles. The molecule has 2 rings (SSSR count). The Morgan fingerprint density at radius 2 is 2.12 bits per heavy atom. The summed E-state index contributed by atoms with van der Waals surface area (Å²) in [6, 6.07) is 8.31. The first-order chi connectivity index (χ1) is 11.3. The zero-order valence-corrected chi connectivity index (χ0v) is 17.5. The van der Waals surface area contributed by atoms with Crippen LogP contribution < -0.4 is 5.32 Å². The fraction of sp³-hybridized carbons (Fsp3) is 0.556. The highest BCUT2D eigenvalue weighted by atomic mass is 79.9. The lowest BCUT2D eigenvalue weighted by atomic mass is 9.87. The third-order valence-electron chi connectivity index (χ3n) is 4.66. The van der Waals surface area contributed by atoms with E-state index < -0.39 is 0 Å². The van der Waals surface area contributed by atoms with E-state index in [-0.39, 0.29) is 11.6 Å². The van der Waals surface area contributed by atoms with Crippen LogP contribution in [0.5, 0.6) is 0 Å². The molecule has 1 aliphatic rings. The lowest BCUT2D eigenvalue weighted by Gasteiger charge is -2.40. The second-order valence-electron chi connectivity index (χ2n) is 6.61. The van der Waals surface area contributed by atoms with E-state index in [1.807, 2.05) is 38.4 Å². The largest absolute Gasteiger partial charge is 0.349 e. The van der Waals surface area contributed by atoms with Crippen molar-refractivity contribution in [3.05, 3.63) is 28.7 Å². The van der Waals surface area contributed by atoms with Gasteiger partial charge in [0.25, 0.3) is 0 Å². The first kappa shape index (κ1) is 19.2. The predicted molar refractivity (Wildman–Crippen MR) is 111 cm³/mol. The maximum atomic E-state index is 5.78. The molecule has 0 bridgehead atoms. The lowest BCUT2D eigenvalue weighted by molar-refractivity contribution is 0.233. The van der Waals surface area contributed by atoms with Gasteiger partial charge in [0.15, 0.2) is 5.11 Å². The van der Waals surface area contributed by atoms with E-state index in [2.05, 4.69) is 51.8 Å². The molecule has 0 aliphatic carbocycles. The maximum Gasteiger partial charge on any atom is 0.203 e. The third kappa shape index (κ3) is 3.75. The quantitative estimate of drug-likeness (QED) is 0.727. The maximum absolute atomic E-state index is 5.78. The van der Waals surface area contributed by atoms with Crippen LogP contribution in [0.2, 0.25) is 0 Å². The van der Waals surface area contributed by atoms with Gasteiger partial charge in [0.2, 0.25) is 5.96 Å². The van der Waals surface area contributed by atoms with Crippen molar-refractivity contribution in [3.8, 4) is 0 Å². The van der Waals surface area contributed by atoms with Gasteiger partial charge in [0.05, 0.1) is 11.6 Å². The average molecular weight is 411 g/mol. The second kappa shape index (κ2) is 7.83. The predicted octanol–water partition coefficient (Wildman–Crippen LogP) is 4.72. The minimum absolute atomic E-state index is 0.105. The summed E-state index contributed by atoms with van der Waals surface area (Å²) in [4.78, 5) is 9.25.